The lowest BCUT2D eigenvalue weighted by Gasteiger charge is -1.97. The zero-order valence-corrected chi connectivity index (χ0v) is 8.27. The van der Waals surface area contributed by atoms with E-state index >= 15 is 0 Å². The van der Waals surface area contributed by atoms with Gasteiger partial charge in [0, 0.05) is 24.1 Å². The lowest BCUT2D eigenvalue weighted by atomic mass is 10.1. The molecule has 4 heteroatoms. The molecule has 0 heterocycles. The molecule has 1 aromatic carbocycles. The molecule has 0 aromatic heterocycles. The second-order valence-corrected chi connectivity index (χ2v) is 2.90. The molecular formula is C11H13N3O. The monoisotopic (exact) mass is 203 g/mol. The Kier molecular flexibility index (Phi) is 4.20. The van der Waals surface area contributed by atoms with Crippen LogP contribution in [0.3, 0.4) is 0 Å². The Morgan fingerprint density at radius 3 is 2.53 bits per heavy atom. The molecule has 1 rings (SSSR count). The van der Waals surface area contributed by atoms with Crippen LogP contribution in [0.1, 0.15) is 17.5 Å². The lowest BCUT2D eigenvalue weighted by Crippen LogP contribution is -2.12. The fourth-order valence-electron chi connectivity index (χ4n) is 1.02. The number of benzene rings is 1. The van der Waals surface area contributed by atoms with Gasteiger partial charge in [-0.3, -0.25) is 0 Å². The van der Waals surface area contributed by atoms with E-state index in [1.807, 2.05) is 12.1 Å². The van der Waals surface area contributed by atoms with Crippen molar-refractivity contribution in [3.05, 3.63) is 35.4 Å². The molecule has 0 radical (unpaired) electrons. The highest BCUT2D eigenvalue weighted by Gasteiger charge is 1.96. The molecule has 0 aliphatic carbocycles. The van der Waals surface area contributed by atoms with E-state index in [9.17, 15) is 0 Å². The third kappa shape index (κ3) is 3.33. The molecule has 0 saturated heterocycles. The molecule has 4 nitrogen and oxygen atoms in total. The van der Waals surface area contributed by atoms with Gasteiger partial charge in [0.15, 0.2) is 5.84 Å². The Morgan fingerprint density at radius 1 is 1.33 bits per heavy atom. The van der Waals surface area contributed by atoms with Crippen LogP contribution in [0.2, 0.25) is 0 Å². The van der Waals surface area contributed by atoms with Gasteiger partial charge in [0.2, 0.25) is 0 Å². The summed E-state index contributed by atoms with van der Waals surface area (Å²) in [5.41, 5.74) is 12.3. The van der Waals surface area contributed by atoms with Crippen LogP contribution in [0.5, 0.6) is 0 Å². The quantitative estimate of drug-likeness (QED) is 0.215. The van der Waals surface area contributed by atoms with E-state index < -0.39 is 0 Å². The first-order chi connectivity index (χ1) is 7.27. The molecule has 15 heavy (non-hydrogen) atoms. The summed E-state index contributed by atoms with van der Waals surface area (Å²) >= 11 is 0. The van der Waals surface area contributed by atoms with Crippen LogP contribution in [0.4, 0.5) is 0 Å². The van der Waals surface area contributed by atoms with Gasteiger partial charge in [-0.05, 0) is 24.3 Å². The SMILES string of the molecule is NCCC#Cc1ccc(C(N)=NO)cc1. The van der Waals surface area contributed by atoms with Crippen LogP contribution in [0, 0.1) is 11.8 Å². The van der Waals surface area contributed by atoms with Crippen LogP contribution in [0.15, 0.2) is 29.4 Å². The van der Waals surface area contributed by atoms with E-state index in [0.29, 0.717) is 18.5 Å². The second-order valence-electron chi connectivity index (χ2n) is 2.90. The predicted octanol–water partition coefficient (Wildman–Crippen LogP) is 0.481. The molecule has 0 aliphatic heterocycles. The van der Waals surface area contributed by atoms with Crippen molar-refractivity contribution in [2.24, 2.45) is 16.6 Å². The fraction of sp³-hybridized carbons (Fsp3) is 0.182. The summed E-state index contributed by atoms with van der Waals surface area (Å²) in [6.07, 6.45) is 0.683. The minimum Gasteiger partial charge on any atom is -0.409 e. The highest BCUT2D eigenvalue weighted by Crippen LogP contribution is 2.02. The van der Waals surface area contributed by atoms with Crippen molar-refractivity contribution in [1.29, 1.82) is 0 Å². The van der Waals surface area contributed by atoms with E-state index in [1.54, 1.807) is 12.1 Å². The second kappa shape index (κ2) is 5.68. The van der Waals surface area contributed by atoms with Crippen LogP contribution in [0.25, 0.3) is 0 Å². The van der Waals surface area contributed by atoms with Gasteiger partial charge in [-0.25, -0.2) is 0 Å². The van der Waals surface area contributed by atoms with Gasteiger partial charge in [0.25, 0.3) is 0 Å². The number of rotatable bonds is 2. The number of hydrogen-bond donors (Lipinski definition) is 3. The van der Waals surface area contributed by atoms with Crippen molar-refractivity contribution in [1.82, 2.24) is 0 Å². The average molecular weight is 203 g/mol. The molecule has 5 N–H and O–H groups in total. The van der Waals surface area contributed by atoms with Gasteiger partial charge in [0.05, 0.1) is 0 Å². The molecule has 0 atom stereocenters. The van der Waals surface area contributed by atoms with Crippen molar-refractivity contribution >= 4 is 5.84 Å². The Morgan fingerprint density at radius 2 is 2.00 bits per heavy atom. The van der Waals surface area contributed by atoms with Gasteiger partial charge in [0.1, 0.15) is 0 Å². The summed E-state index contributed by atoms with van der Waals surface area (Å²) in [6.45, 7) is 0.565. The molecule has 0 saturated carbocycles. The first-order valence-corrected chi connectivity index (χ1v) is 4.55. The molecule has 0 fully saturated rings. The molecule has 0 spiro atoms. The Hall–Kier alpha value is -1.99. The summed E-state index contributed by atoms with van der Waals surface area (Å²) in [4.78, 5) is 0. The van der Waals surface area contributed by atoms with Gasteiger partial charge in [-0.1, -0.05) is 17.0 Å². The maximum atomic E-state index is 8.45. The van der Waals surface area contributed by atoms with Gasteiger partial charge in [-0.15, -0.1) is 0 Å². The fourth-order valence-corrected chi connectivity index (χ4v) is 1.02. The first kappa shape index (κ1) is 11.1. The zero-order chi connectivity index (χ0) is 11.1. The third-order valence-corrected chi connectivity index (χ3v) is 1.79. The van der Waals surface area contributed by atoms with E-state index in [2.05, 4.69) is 17.0 Å². The maximum Gasteiger partial charge on any atom is 0.170 e. The molecule has 0 amide bonds. The molecule has 0 unspecified atom stereocenters. The Balaban J connectivity index is 2.78. The summed E-state index contributed by atoms with van der Waals surface area (Å²) in [5, 5.41) is 11.4. The number of amidine groups is 1. The molecule has 1 aromatic rings. The van der Waals surface area contributed by atoms with E-state index in [-0.39, 0.29) is 5.84 Å². The molecule has 78 valence electrons. The summed E-state index contributed by atoms with van der Waals surface area (Å²) in [6, 6.07) is 7.14. The first-order valence-electron chi connectivity index (χ1n) is 4.55. The predicted molar refractivity (Wildman–Crippen MR) is 59.5 cm³/mol. The number of oxime groups is 1. The normalized spacial score (nSPS) is 10.6. The summed E-state index contributed by atoms with van der Waals surface area (Å²) in [7, 11) is 0. The lowest BCUT2D eigenvalue weighted by molar-refractivity contribution is 0.318. The third-order valence-electron chi connectivity index (χ3n) is 1.79. The number of hydrogen-bond acceptors (Lipinski definition) is 3. The van der Waals surface area contributed by atoms with Crippen molar-refractivity contribution < 1.29 is 5.21 Å². The highest BCUT2D eigenvalue weighted by atomic mass is 16.4. The maximum absolute atomic E-state index is 8.45. The number of nitrogens with two attached hydrogens (primary N) is 2. The standard InChI is InChI=1S/C11H13N3O/c12-8-2-1-3-9-4-6-10(7-5-9)11(13)14-15/h4-7,15H,2,8,12H2,(H2,13,14). The molecular weight excluding hydrogens is 190 g/mol. The van der Waals surface area contributed by atoms with E-state index in [0.717, 1.165) is 5.56 Å². The Labute approximate surface area is 88.6 Å². The van der Waals surface area contributed by atoms with E-state index in [4.69, 9.17) is 16.7 Å². The Bertz CT molecular complexity index is 398. The minimum atomic E-state index is 0.0940. The van der Waals surface area contributed by atoms with Gasteiger partial charge in [-0.2, -0.15) is 0 Å². The van der Waals surface area contributed by atoms with Crippen LogP contribution in [-0.2, 0) is 0 Å². The topological polar surface area (TPSA) is 84.6 Å². The van der Waals surface area contributed by atoms with Crippen molar-refractivity contribution in [2.75, 3.05) is 6.54 Å². The van der Waals surface area contributed by atoms with Crippen LogP contribution >= 0.6 is 0 Å². The van der Waals surface area contributed by atoms with Crippen molar-refractivity contribution in [3.63, 3.8) is 0 Å². The minimum absolute atomic E-state index is 0.0940. The van der Waals surface area contributed by atoms with Gasteiger partial charge < -0.3 is 16.7 Å². The zero-order valence-electron chi connectivity index (χ0n) is 8.27. The summed E-state index contributed by atoms with van der Waals surface area (Å²) in [5.74, 6) is 5.98. The highest BCUT2D eigenvalue weighted by molar-refractivity contribution is 5.97. The number of nitrogens with zero attached hydrogens (tertiary/aromatic N) is 1. The van der Waals surface area contributed by atoms with Crippen molar-refractivity contribution in [2.45, 2.75) is 6.42 Å². The van der Waals surface area contributed by atoms with Gasteiger partial charge >= 0.3 is 0 Å². The van der Waals surface area contributed by atoms with Crippen LogP contribution in [-0.4, -0.2) is 17.6 Å². The summed E-state index contributed by atoms with van der Waals surface area (Å²) < 4.78 is 0. The smallest absolute Gasteiger partial charge is 0.170 e. The molecule has 0 aliphatic rings. The largest absolute Gasteiger partial charge is 0.409 e. The van der Waals surface area contributed by atoms with Crippen LogP contribution < -0.4 is 11.5 Å². The van der Waals surface area contributed by atoms with Crippen molar-refractivity contribution in [3.8, 4) is 11.8 Å². The van der Waals surface area contributed by atoms with E-state index in [1.165, 1.54) is 0 Å². The average Bonchev–Trinajstić information content (AvgIpc) is 2.29. The molecule has 0 bridgehead atoms.